The molecule has 0 saturated heterocycles. The molecule has 0 aliphatic carbocycles. The molecule has 1 aromatic carbocycles. The Bertz CT molecular complexity index is 1450. The van der Waals surface area contributed by atoms with Gasteiger partial charge >= 0.3 is 5.97 Å². The summed E-state index contributed by atoms with van der Waals surface area (Å²) in [5.41, 5.74) is 3.11. The molecule has 0 spiro atoms. The van der Waals surface area contributed by atoms with E-state index >= 15 is 0 Å². The first-order valence-corrected chi connectivity index (χ1v) is 11.8. The van der Waals surface area contributed by atoms with E-state index in [2.05, 4.69) is 15.0 Å². The Morgan fingerprint density at radius 2 is 1.88 bits per heavy atom. The van der Waals surface area contributed by atoms with Crippen LogP contribution in [-0.2, 0) is 4.74 Å². The van der Waals surface area contributed by atoms with Crippen LogP contribution in [0.25, 0.3) is 16.7 Å². The van der Waals surface area contributed by atoms with E-state index in [1.807, 2.05) is 19.1 Å². The molecular weight excluding hydrogens is 452 g/mol. The third-order valence-corrected chi connectivity index (χ3v) is 6.34. The molecule has 0 aliphatic rings. The summed E-state index contributed by atoms with van der Waals surface area (Å²) in [6.07, 6.45) is 1.68. The van der Waals surface area contributed by atoms with Crippen LogP contribution in [0.1, 0.15) is 44.6 Å². The van der Waals surface area contributed by atoms with E-state index in [1.165, 1.54) is 4.57 Å². The van der Waals surface area contributed by atoms with E-state index < -0.39 is 5.97 Å². The number of hydrogen-bond donors (Lipinski definition) is 1. The number of esters is 1. The number of H-pyrrole nitrogens is 1. The van der Waals surface area contributed by atoms with Crippen LogP contribution in [0, 0.1) is 20.8 Å². The number of carbonyl (C=O) groups excluding carboxylic acids is 2. The molecule has 174 valence electrons. The van der Waals surface area contributed by atoms with Crippen molar-refractivity contribution in [3.63, 3.8) is 0 Å². The van der Waals surface area contributed by atoms with E-state index in [-0.39, 0.29) is 29.4 Å². The summed E-state index contributed by atoms with van der Waals surface area (Å²) >= 11 is 1.16. The highest BCUT2D eigenvalue weighted by Crippen LogP contribution is 2.25. The molecule has 3 heterocycles. The molecule has 34 heavy (non-hydrogen) atoms. The van der Waals surface area contributed by atoms with Crippen molar-refractivity contribution in [3.05, 3.63) is 81.0 Å². The largest absolute Gasteiger partial charge is 0.461 e. The lowest BCUT2D eigenvalue weighted by atomic mass is 10.1. The number of nitrogens with zero attached hydrogens (tertiary/aromatic N) is 3. The first-order valence-electron chi connectivity index (χ1n) is 10.8. The first-order chi connectivity index (χ1) is 16.3. The van der Waals surface area contributed by atoms with E-state index in [0.717, 1.165) is 17.3 Å². The standard InChI is InChI=1S/C25H24N4O4S/c1-5-33-24(32)22-15(3)21(16(4)27-22)19(30)13-34-25-28-18-9-7-6-8-17(18)23(31)29(25)20-11-10-14(2)12-26-20/h6-12,27H,5,13H2,1-4H3. The van der Waals surface area contributed by atoms with Gasteiger partial charge in [0, 0.05) is 17.5 Å². The molecule has 0 saturated carbocycles. The molecule has 0 aliphatic heterocycles. The average Bonchev–Trinajstić information content (AvgIpc) is 3.12. The van der Waals surface area contributed by atoms with Crippen molar-refractivity contribution >= 4 is 34.4 Å². The lowest BCUT2D eigenvalue weighted by Gasteiger charge is -2.12. The van der Waals surface area contributed by atoms with Crippen LogP contribution >= 0.6 is 11.8 Å². The van der Waals surface area contributed by atoms with Crippen molar-refractivity contribution in [2.24, 2.45) is 0 Å². The number of ketones is 1. The number of rotatable bonds is 7. The second-order valence-corrected chi connectivity index (χ2v) is 8.75. The minimum atomic E-state index is -0.495. The summed E-state index contributed by atoms with van der Waals surface area (Å²) in [6.45, 7) is 7.35. The van der Waals surface area contributed by atoms with Crippen LogP contribution in [0.3, 0.4) is 0 Å². The maximum Gasteiger partial charge on any atom is 0.355 e. The van der Waals surface area contributed by atoms with Gasteiger partial charge in [-0.25, -0.2) is 19.3 Å². The van der Waals surface area contributed by atoms with Gasteiger partial charge in [0.1, 0.15) is 11.5 Å². The predicted molar refractivity (Wildman–Crippen MR) is 131 cm³/mol. The summed E-state index contributed by atoms with van der Waals surface area (Å²) in [6, 6.07) is 10.7. The topological polar surface area (TPSA) is 107 Å². The van der Waals surface area contributed by atoms with Crippen LogP contribution in [0.5, 0.6) is 0 Å². The molecule has 8 nitrogen and oxygen atoms in total. The predicted octanol–water partition coefficient (Wildman–Crippen LogP) is 4.19. The molecule has 4 aromatic rings. The van der Waals surface area contributed by atoms with Crippen molar-refractivity contribution in [1.82, 2.24) is 19.5 Å². The summed E-state index contributed by atoms with van der Waals surface area (Å²) in [7, 11) is 0. The SMILES string of the molecule is CCOC(=O)c1[nH]c(C)c(C(=O)CSc2nc3ccccc3c(=O)n2-c2ccc(C)cn2)c1C. The number of Topliss-reactive ketones (excluding diaryl/α,β-unsaturated/α-hetero) is 1. The minimum absolute atomic E-state index is 0.0262. The lowest BCUT2D eigenvalue weighted by molar-refractivity contribution is 0.0519. The van der Waals surface area contributed by atoms with Crippen molar-refractivity contribution in [2.45, 2.75) is 32.9 Å². The highest BCUT2D eigenvalue weighted by atomic mass is 32.2. The minimum Gasteiger partial charge on any atom is -0.461 e. The number of nitrogens with one attached hydrogen (secondary N) is 1. The number of benzene rings is 1. The quantitative estimate of drug-likeness (QED) is 0.184. The van der Waals surface area contributed by atoms with Gasteiger partial charge in [0.05, 0.1) is 23.3 Å². The van der Waals surface area contributed by atoms with Gasteiger partial charge < -0.3 is 9.72 Å². The Morgan fingerprint density at radius 1 is 1.12 bits per heavy atom. The van der Waals surface area contributed by atoms with Crippen molar-refractivity contribution < 1.29 is 14.3 Å². The van der Waals surface area contributed by atoms with Crippen LogP contribution in [-0.4, -0.2) is 43.6 Å². The van der Waals surface area contributed by atoms with Crippen LogP contribution in [0.15, 0.2) is 52.5 Å². The van der Waals surface area contributed by atoms with Gasteiger partial charge in [-0.1, -0.05) is 30.0 Å². The fourth-order valence-corrected chi connectivity index (χ4v) is 4.65. The van der Waals surface area contributed by atoms with Gasteiger partial charge in [0.25, 0.3) is 5.56 Å². The number of hydrogen-bond acceptors (Lipinski definition) is 7. The fraction of sp³-hybridized carbons (Fsp3) is 0.240. The molecule has 0 fully saturated rings. The zero-order chi connectivity index (χ0) is 24.4. The van der Waals surface area contributed by atoms with E-state index in [1.54, 1.807) is 51.2 Å². The normalized spacial score (nSPS) is 11.1. The van der Waals surface area contributed by atoms with Gasteiger partial charge in [0.15, 0.2) is 10.9 Å². The molecule has 1 N–H and O–H groups in total. The Kier molecular flexibility index (Phi) is 6.65. The Morgan fingerprint density at radius 3 is 2.59 bits per heavy atom. The number of fused-ring (bicyclic) bond motifs is 1. The lowest BCUT2D eigenvalue weighted by Crippen LogP contribution is -2.23. The molecule has 0 bridgehead atoms. The Balaban J connectivity index is 1.71. The number of ether oxygens (including phenoxy) is 1. The smallest absolute Gasteiger partial charge is 0.355 e. The molecule has 0 atom stereocenters. The number of pyridine rings is 1. The van der Waals surface area contributed by atoms with Gasteiger partial charge in [-0.2, -0.15) is 0 Å². The van der Waals surface area contributed by atoms with E-state index in [4.69, 9.17) is 4.74 Å². The summed E-state index contributed by atoms with van der Waals surface area (Å²) in [5, 5.41) is 0.835. The number of aromatic amines is 1. The molecule has 4 rings (SSSR count). The van der Waals surface area contributed by atoms with Crippen molar-refractivity contribution in [1.29, 1.82) is 0 Å². The van der Waals surface area contributed by atoms with Crippen molar-refractivity contribution in [2.75, 3.05) is 12.4 Å². The Labute approximate surface area is 200 Å². The maximum absolute atomic E-state index is 13.3. The van der Waals surface area contributed by atoms with Crippen LogP contribution < -0.4 is 5.56 Å². The molecule has 0 amide bonds. The van der Waals surface area contributed by atoms with Gasteiger partial charge in [0.2, 0.25) is 0 Å². The van der Waals surface area contributed by atoms with Crippen LogP contribution in [0.2, 0.25) is 0 Å². The zero-order valence-corrected chi connectivity index (χ0v) is 20.2. The number of aromatic nitrogens is 4. The van der Waals surface area contributed by atoms with Gasteiger partial charge in [-0.05, 0) is 57.0 Å². The molecule has 0 unspecified atom stereocenters. The highest BCUT2D eigenvalue weighted by Gasteiger charge is 2.23. The second kappa shape index (κ2) is 9.64. The third-order valence-electron chi connectivity index (χ3n) is 5.40. The highest BCUT2D eigenvalue weighted by molar-refractivity contribution is 7.99. The second-order valence-electron chi connectivity index (χ2n) is 7.80. The van der Waals surface area contributed by atoms with Crippen molar-refractivity contribution in [3.8, 4) is 5.82 Å². The van der Waals surface area contributed by atoms with Gasteiger partial charge in [-0.3, -0.25) is 9.59 Å². The van der Waals surface area contributed by atoms with Gasteiger partial charge in [-0.15, -0.1) is 0 Å². The molecule has 9 heteroatoms. The summed E-state index contributed by atoms with van der Waals surface area (Å²) < 4.78 is 6.50. The van der Waals surface area contributed by atoms with E-state index in [9.17, 15) is 14.4 Å². The Hall–Kier alpha value is -3.72. The average molecular weight is 477 g/mol. The number of aryl methyl sites for hydroxylation is 2. The zero-order valence-electron chi connectivity index (χ0n) is 19.3. The summed E-state index contributed by atoms with van der Waals surface area (Å²) in [5.74, 6) is -0.219. The number of para-hydroxylation sites is 1. The molecule has 3 aromatic heterocycles. The molecular formula is C25H24N4O4S. The number of thioether (sulfide) groups is 1. The number of carbonyl (C=O) groups is 2. The monoisotopic (exact) mass is 476 g/mol. The third kappa shape index (κ3) is 4.38. The van der Waals surface area contributed by atoms with E-state index in [0.29, 0.717) is 38.7 Å². The molecule has 0 radical (unpaired) electrons. The van der Waals surface area contributed by atoms with Crippen LogP contribution in [0.4, 0.5) is 0 Å². The maximum atomic E-state index is 13.3. The first kappa shape index (κ1) is 23.4. The summed E-state index contributed by atoms with van der Waals surface area (Å²) in [4.78, 5) is 50.7. The fourth-order valence-electron chi connectivity index (χ4n) is 3.78.